The molecule has 2 rings (SSSR count). The molecule has 1 aromatic carbocycles. The minimum Gasteiger partial charge on any atom is -0.392 e. The molecule has 0 saturated carbocycles. The van der Waals surface area contributed by atoms with Crippen molar-refractivity contribution >= 4 is 34.1 Å². The van der Waals surface area contributed by atoms with E-state index in [-0.39, 0.29) is 12.4 Å². The highest BCUT2D eigenvalue weighted by atomic mass is 32.1. The summed E-state index contributed by atoms with van der Waals surface area (Å²) in [6.07, 6.45) is 0. The third-order valence-corrected chi connectivity index (χ3v) is 3.18. The first kappa shape index (κ1) is 8.99. The molecule has 0 fully saturated rings. The second kappa shape index (κ2) is 3.29. The summed E-state index contributed by atoms with van der Waals surface area (Å²) in [4.78, 5) is 0.710. The Labute approximate surface area is 84.2 Å². The smallest absolute Gasteiger partial charge is 0.146 e. The molecule has 0 aliphatic rings. The predicted octanol–water partition coefficient (Wildman–Crippen LogP) is 2.82. The highest BCUT2D eigenvalue weighted by Crippen LogP contribution is 2.31. The highest BCUT2D eigenvalue weighted by molar-refractivity contribution is 7.80. The fourth-order valence-electron chi connectivity index (χ4n) is 1.25. The van der Waals surface area contributed by atoms with Crippen LogP contribution < -0.4 is 0 Å². The van der Waals surface area contributed by atoms with Gasteiger partial charge in [-0.05, 0) is 17.5 Å². The van der Waals surface area contributed by atoms with E-state index in [2.05, 4.69) is 12.6 Å². The summed E-state index contributed by atoms with van der Waals surface area (Å²) in [5.74, 6) is -0.328. The van der Waals surface area contributed by atoms with Gasteiger partial charge in [0.05, 0.1) is 11.3 Å². The molecule has 0 atom stereocenters. The number of thiol groups is 1. The van der Waals surface area contributed by atoms with Gasteiger partial charge in [-0.15, -0.1) is 24.0 Å². The standard InChI is InChI=1S/C9H7FOS2/c10-8-5(4-11)3-7(12)6-1-2-13-9(6)8/h1-3,11-12H,4H2. The molecule has 1 aromatic heterocycles. The Bertz CT molecular complexity index is 450. The minimum atomic E-state index is -0.328. The number of benzene rings is 1. The fraction of sp³-hybridized carbons (Fsp3) is 0.111. The summed E-state index contributed by atoms with van der Waals surface area (Å²) in [6.45, 7) is -0.284. The SMILES string of the molecule is OCc1cc(S)c2ccsc2c1F. The van der Waals surface area contributed by atoms with Crippen molar-refractivity contribution in [2.24, 2.45) is 0 Å². The van der Waals surface area contributed by atoms with E-state index in [9.17, 15) is 4.39 Å². The van der Waals surface area contributed by atoms with E-state index in [0.717, 1.165) is 5.39 Å². The van der Waals surface area contributed by atoms with Crippen LogP contribution in [0.1, 0.15) is 5.56 Å². The van der Waals surface area contributed by atoms with Crippen molar-refractivity contribution in [1.82, 2.24) is 0 Å². The van der Waals surface area contributed by atoms with Crippen molar-refractivity contribution in [3.8, 4) is 0 Å². The van der Waals surface area contributed by atoms with Crippen LogP contribution in [0.4, 0.5) is 4.39 Å². The van der Waals surface area contributed by atoms with E-state index in [1.54, 1.807) is 6.07 Å². The molecule has 0 aliphatic carbocycles. The molecule has 1 heterocycles. The zero-order valence-electron chi connectivity index (χ0n) is 6.62. The molecule has 0 amide bonds. The van der Waals surface area contributed by atoms with Gasteiger partial charge in [-0.1, -0.05) is 0 Å². The Morgan fingerprint density at radius 3 is 3.00 bits per heavy atom. The van der Waals surface area contributed by atoms with Crippen LogP contribution in [0, 0.1) is 5.82 Å². The number of halogens is 1. The van der Waals surface area contributed by atoms with Crippen LogP contribution in [0.15, 0.2) is 22.4 Å². The van der Waals surface area contributed by atoms with Gasteiger partial charge in [-0.25, -0.2) is 4.39 Å². The Morgan fingerprint density at radius 2 is 2.31 bits per heavy atom. The maximum atomic E-state index is 13.5. The number of fused-ring (bicyclic) bond motifs is 1. The highest BCUT2D eigenvalue weighted by Gasteiger charge is 2.10. The number of hydrogen-bond donors (Lipinski definition) is 2. The summed E-state index contributed by atoms with van der Waals surface area (Å²) < 4.78 is 14.1. The lowest BCUT2D eigenvalue weighted by Crippen LogP contribution is -1.89. The van der Waals surface area contributed by atoms with Crippen LogP contribution in [0.3, 0.4) is 0 Å². The molecule has 1 nitrogen and oxygen atoms in total. The van der Waals surface area contributed by atoms with Crippen LogP contribution in [-0.2, 0) is 6.61 Å². The second-order valence-electron chi connectivity index (χ2n) is 2.69. The third kappa shape index (κ3) is 1.35. The van der Waals surface area contributed by atoms with Gasteiger partial charge in [0.25, 0.3) is 0 Å². The zero-order valence-corrected chi connectivity index (χ0v) is 8.33. The number of thiophene rings is 1. The number of rotatable bonds is 1. The lowest BCUT2D eigenvalue weighted by atomic mass is 10.2. The van der Waals surface area contributed by atoms with E-state index in [1.807, 2.05) is 11.4 Å². The van der Waals surface area contributed by atoms with Crippen molar-refractivity contribution in [3.05, 3.63) is 28.9 Å². The quantitative estimate of drug-likeness (QED) is 0.699. The zero-order chi connectivity index (χ0) is 9.42. The topological polar surface area (TPSA) is 20.2 Å². The van der Waals surface area contributed by atoms with E-state index in [4.69, 9.17) is 5.11 Å². The van der Waals surface area contributed by atoms with E-state index in [1.165, 1.54) is 11.3 Å². The van der Waals surface area contributed by atoms with Gasteiger partial charge in [0.1, 0.15) is 5.82 Å². The summed E-state index contributed by atoms with van der Waals surface area (Å²) in [6, 6.07) is 3.39. The summed E-state index contributed by atoms with van der Waals surface area (Å²) in [7, 11) is 0. The van der Waals surface area contributed by atoms with Crippen LogP contribution in [0.2, 0.25) is 0 Å². The van der Waals surface area contributed by atoms with Crippen molar-refractivity contribution < 1.29 is 9.50 Å². The van der Waals surface area contributed by atoms with Gasteiger partial charge in [-0.3, -0.25) is 0 Å². The molecular formula is C9H7FOS2. The first-order valence-corrected chi connectivity index (χ1v) is 5.05. The van der Waals surface area contributed by atoms with Crippen molar-refractivity contribution in [3.63, 3.8) is 0 Å². The maximum absolute atomic E-state index is 13.5. The minimum absolute atomic E-state index is 0.284. The monoisotopic (exact) mass is 214 g/mol. The van der Waals surface area contributed by atoms with E-state index in [0.29, 0.717) is 15.2 Å². The molecule has 0 aliphatic heterocycles. The number of hydrogen-bond acceptors (Lipinski definition) is 3. The van der Waals surface area contributed by atoms with Crippen molar-refractivity contribution in [2.45, 2.75) is 11.5 Å². The molecule has 0 bridgehead atoms. The first-order valence-electron chi connectivity index (χ1n) is 3.72. The molecule has 2 aromatic rings. The second-order valence-corrected chi connectivity index (χ2v) is 4.09. The Morgan fingerprint density at radius 1 is 1.54 bits per heavy atom. The molecule has 4 heteroatoms. The number of aliphatic hydroxyl groups is 1. The average Bonchev–Trinajstić information content (AvgIpc) is 2.60. The van der Waals surface area contributed by atoms with Gasteiger partial charge in [0.15, 0.2) is 0 Å². The Kier molecular flexibility index (Phi) is 2.27. The molecule has 0 unspecified atom stereocenters. The van der Waals surface area contributed by atoms with Crippen LogP contribution in [0.25, 0.3) is 10.1 Å². The molecule has 0 spiro atoms. The predicted molar refractivity (Wildman–Crippen MR) is 55.0 cm³/mol. The third-order valence-electron chi connectivity index (χ3n) is 1.90. The van der Waals surface area contributed by atoms with Gasteiger partial charge in [-0.2, -0.15) is 0 Å². The lowest BCUT2D eigenvalue weighted by molar-refractivity contribution is 0.276. The van der Waals surface area contributed by atoms with Crippen LogP contribution >= 0.6 is 24.0 Å². The van der Waals surface area contributed by atoms with Crippen LogP contribution in [-0.4, -0.2) is 5.11 Å². The molecule has 0 radical (unpaired) electrons. The molecule has 1 N–H and O–H groups in total. The van der Waals surface area contributed by atoms with Gasteiger partial charge in [0.2, 0.25) is 0 Å². The first-order chi connectivity index (χ1) is 6.24. The maximum Gasteiger partial charge on any atom is 0.146 e. The lowest BCUT2D eigenvalue weighted by Gasteiger charge is -2.02. The fourth-order valence-corrected chi connectivity index (χ4v) is 2.55. The average molecular weight is 214 g/mol. The molecule has 13 heavy (non-hydrogen) atoms. The van der Waals surface area contributed by atoms with Gasteiger partial charge < -0.3 is 5.11 Å². The summed E-state index contributed by atoms with van der Waals surface area (Å²) in [5.41, 5.74) is 0.306. The van der Waals surface area contributed by atoms with Crippen LogP contribution in [0.5, 0.6) is 0 Å². The number of aliphatic hydroxyl groups excluding tert-OH is 1. The largest absolute Gasteiger partial charge is 0.392 e. The van der Waals surface area contributed by atoms with E-state index < -0.39 is 0 Å². The summed E-state index contributed by atoms with van der Waals surface area (Å²) >= 11 is 5.54. The summed E-state index contributed by atoms with van der Waals surface area (Å²) in [5, 5.41) is 11.5. The Hall–Kier alpha value is -0.580. The molecule has 0 saturated heterocycles. The van der Waals surface area contributed by atoms with E-state index >= 15 is 0 Å². The normalized spacial score (nSPS) is 11.0. The Balaban J connectivity index is 2.85. The van der Waals surface area contributed by atoms with Crippen molar-refractivity contribution in [2.75, 3.05) is 0 Å². The van der Waals surface area contributed by atoms with Gasteiger partial charge >= 0.3 is 0 Å². The van der Waals surface area contributed by atoms with Gasteiger partial charge in [0, 0.05) is 15.8 Å². The molecular weight excluding hydrogens is 207 g/mol. The molecule has 68 valence electrons. The van der Waals surface area contributed by atoms with Crippen molar-refractivity contribution in [1.29, 1.82) is 0 Å².